The fraction of sp³-hybridized carbons (Fsp3) is 0.400. The fourth-order valence-electron chi connectivity index (χ4n) is 3.18. The summed E-state index contributed by atoms with van der Waals surface area (Å²) in [6.45, 7) is 3.27. The Morgan fingerprint density at radius 2 is 1.46 bits per heavy atom. The molecule has 1 atom stereocenters. The first-order valence-corrected chi connectivity index (χ1v) is 9.35. The lowest BCUT2D eigenvalue weighted by molar-refractivity contribution is -0.139. The van der Waals surface area contributed by atoms with E-state index < -0.39 is 29.4 Å². The van der Waals surface area contributed by atoms with Crippen molar-refractivity contribution in [3.63, 3.8) is 0 Å². The Balaban J connectivity index is 2.50. The van der Waals surface area contributed by atoms with Gasteiger partial charge in [0.15, 0.2) is 0 Å². The van der Waals surface area contributed by atoms with Crippen LogP contribution in [0.2, 0.25) is 10.0 Å². The van der Waals surface area contributed by atoms with Crippen molar-refractivity contribution < 1.29 is 26.3 Å². The van der Waals surface area contributed by atoms with Crippen LogP contribution in [0.5, 0.6) is 0 Å². The average molecular weight is 443 g/mol. The van der Waals surface area contributed by atoms with Gasteiger partial charge in [0.25, 0.3) is 0 Å². The molecule has 2 aromatic carbocycles. The number of rotatable bonds is 5. The minimum atomic E-state index is -4.66. The van der Waals surface area contributed by atoms with Crippen LogP contribution < -0.4 is 0 Å². The third kappa shape index (κ3) is 5.35. The molecule has 2 rings (SSSR count). The van der Waals surface area contributed by atoms with Crippen LogP contribution in [-0.2, 0) is 25.2 Å². The first-order chi connectivity index (χ1) is 12.8. The third-order valence-electron chi connectivity index (χ3n) is 4.48. The van der Waals surface area contributed by atoms with Gasteiger partial charge >= 0.3 is 12.4 Å². The van der Waals surface area contributed by atoms with Crippen molar-refractivity contribution in [2.75, 3.05) is 0 Å². The lowest BCUT2D eigenvalue weighted by Crippen LogP contribution is -2.15. The predicted octanol–water partition coefficient (Wildman–Crippen LogP) is 8.33. The number of aryl methyl sites for hydroxylation is 1. The van der Waals surface area contributed by atoms with Crippen molar-refractivity contribution in [1.82, 2.24) is 0 Å². The molecule has 0 N–H and O–H groups in total. The van der Waals surface area contributed by atoms with Gasteiger partial charge in [-0.25, -0.2) is 0 Å². The van der Waals surface area contributed by atoms with E-state index in [1.165, 1.54) is 25.1 Å². The van der Waals surface area contributed by atoms with Crippen molar-refractivity contribution in [2.45, 2.75) is 51.4 Å². The molecule has 154 valence electrons. The maximum atomic E-state index is 13.6. The topological polar surface area (TPSA) is 0 Å². The minimum absolute atomic E-state index is 0.0910. The number of alkyl halides is 6. The van der Waals surface area contributed by atoms with Crippen LogP contribution >= 0.6 is 23.2 Å². The standard InChI is InChI=1S/C20H18Cl2F6/c1-3-4-13-8-17(20(26,27)28)15(10-18(13)22)11(2)7-12-5-6-14(21)9-16(12)19(23,24)25/h5-6,8-11H,3-4,7H2,1-2H3. The molecule has 2 aromatic rings. The molecule has 8 heteroatoms. The van der Waals surface area contributed by atoms with Gasteiger partial charge in [-0.3, -0.25) is 0 Å². The highest BCUT2D eigenvalue weighted by Gasteiger charge is 2.37. The molecule has 0 fully saturated rings. The summed E-state index contributed by atoms with van der Waals surface area (Å²) >= 11 is 11.8. The number of hydrogen-bond acceptors (Lipinski definition) is 0. The second kappa shape index (κ2) is 8.54. The smallest absolute Gasteiger partial charge is 0.166 e. The summed E-state index contributed by atoms with van der Waals surface area (Å²) in [5, 5.41) is 0.0931. The van der Waals surface area contributed by atoms with Gasteiger partial charge in [-0.1, -0.05) is 49.5 Å². The molecule has 1 unspecified atom stereocenters. The maximum Gasteiger partial charge on any atom is 0.416 e. The van der Waals surface area contributed by atoms with Gasteiger partial charge in [-0.15, -0.1) is 0 Å². The van der Waals surface area contributed by atoms with E-state index in [2.05, 4.69) is 0 Å². The largest absolute Gasteiger partial charge is 0.416 e. The maximum absolute atomic E-state index is 13.6. The molecule has 28 heavy (non-hydrogen) atoms. The summed E-state index contributed by atoms with van der Waals surface area (Å²) in [6.07, 6.45) is -8.53. The van der Waals surface area contributed by atoms with Gasteiger partial charge in [-0.2, -0.15) is 26.3 Å². The van der Waals surface area contributed by atoms with Crippen molar-refractivity contribution in [2.24, 2.45) is 0 Å². The molecule has 0 spiro atoms. The summed E-state index contributed by atoms with van der Waals surface area (Å²) in [4.78, 5) is 0. The van der Waals surface area contributed by atoms with Crippen LogP contribution in [0.15, 0.2) is 30.3 Å². The molecule has 0 heterocycles. The SMILES string of the molecule is CCCc1cc(C(F)(F)F)c(C(C)Cc2ccc(Cl)cc2C(F)(F)F)cc1Cl. The van der Waals surface area contributed by atoms with Crippen LogP contribution in [-0.4, -0.2) is 0 Å². The molecule has 0 amide bonds. The Kier molecular flexibility index (Phi) is 6.98. The highest BCUT2D eigenvalue weighted by molar-refractivity contribution is 6.31. The Labute approximate surface area is 169 Å². The molecular weight excluding hydrogens is 425 g/mol. The van der Waals surface area contributed by atoms with Crippen LogP contribution in [0.3, 0.4) is 0 Å². The van der Waals surface area contributed by atoms with Crippen LogP contribution in [0, 0.1) is 0 Å². The van der Waals surface area contributed by atoms with E-state index in [1.54, 1.807) is 0 Å². The summed E-state index contributed by atoms with van der Waals surface area (Å²) in [7, 11) is 0. The van der Waals surface area contributed by atoms with E-state index in [-0.39, 0.29) is 27.6 Å². The van der Waals surface area contributed by atoms with E-state index in [4.69, 9.17) is 23.2 Å². The zero-order valence-electron chi connectivity index (χ0n) is 15.1. The van der Waals surface area contributed by atoms with E-state index in [0.717, 1.165) is 12.1 Å². The first kappa shape index (κ1) is 22.9. The Morgan fingerprint density at radius 1 is 0.857 bits per heavy atom. The zero-order valence-corrected chi connectivity index (χ0v) is 16.6. The molecular formula is C20H18Cl2F6. The minimum Gasteiger partial charge on any atom is -0.166 e. The van der Waals surface area contributed by atoms with Gasteiger partial charge in [0.1, 0.15) is 0 Å². The molecule has 0 aromatic heterocycles. The molecule has 0 nitrogen and oxygen atoms in total. The monoisotopic (exact) mass is 442 g/mol. The summed E-state index contributed by atoms with van der Waals surface area (Å²) < 4.78 is 80.6. The molecule has 0 radical (unpaired) electrons. The molecule has 0 saturated carbocycles. The Hall–Kier alpha value is -1.40. The zero-order chi connectivity index (χ0) is 21.3. The van der Waals surface area contributed by atoms with Crippen LogP contribution in [0.4, 0.5) is 26.3 Å². The number of benzene rings is 2. The van der Waals surface area contributed by atoms with Gasteiger partial charge in [0.05, 0.1) is 11.1 Å². The fourth-order valence-corrected chi connectivity index (χ4v) is 3.62. The van der Waals surface area contributed by atoms with Crippen molar-refractivity contribution in [3.8, 4) is 0 Å². The van der Waals surface area contributed by atoms with Crippen LogP contribution in [0.1, 0.15) is 54.0 Å². The Morgan fingerprint density at radius 3 is 2.00 bits per heavy atom. The number of halogens is 8. The lowest BCUT2D eigenvalue weighted by atomic mass is 9.87. The molecule has 0 bridgehead atoms. The average Bonchev–Trinajstić information content (AvgIpc) is 2.56. The van der Waals surface area contributed by atoms with Gasteiger partial charge in [0.2, 0.25) is 0 Å². The highest BCUT2D eigenvalue weighted by atomic mass is 35.5. The molecule has 0 aliphatic heterocycles. The van der Waals surface area contributed by atoms with Crippen molar-refractivity contribution in [1.29, 1.82) is 0 Å². The lowest BCUT2D eigenvalue weighted by Gasteiger charge is -2.22. The quantitative estimate of drug-likeness (QED) is 0.408. The predicted molar refractivity (Wildman–Crippen MR) is 99.0 cm³/mol. The van der Waals surface area contributed by atoms with Crippen LogP contribution in [0.25, 0.3) is 0 Å². The first-order valence-electron chi connectivity index (χ1n) is 8.59. The van der Waals surface area contributed by atoms with Gasteiger partial charge in [0, 0.05) is 10.0 Å². The Bertz CT molecular complexity index is 840. The summed E-state index contributed by atoms with van der Waals surface area (Å²) in [6, 6.07) is 5.50. The van der Waals surface area contributed by atoms with E-state index in [1.807, 2.05) is 6.92 Å². The second-order valence-electron chi connectivity index (χ2n) is 6.68. The van der Waals surface area contributed by atoms with Crippen molar-refractivity contribution in [3.05, 3.63) is 68.2 Å². The molecule has 0 saturated heterocycles. The number of hydrogen-bond donors (Lipinski definition) is 0. The van der Waals surface area contributed by atoms with E-state index >= 15 is 0 Å². The highest BCUT2D eigenvalue weighted by Crippen LogP contribution is 2.41. The van der Waals surface area contributed by atoms with Gasteiger partial charge in [-0.05, 0) is 59.7 Å². The van der Waals surface area contributed by atoms with Crippen molar-refractivity contribution >= 4 is 23.2 Å². The molecule has 0 aliphatic rings. The molecule has 0 aliphatic carbocycles. The summed E-state index contributed by atoms with van der Waals surface area (Å²) in [5.74, 6) is -0.841. The second-order valence-corrected chi connectivity index (χ2v) is 7.53. The third-order valence-corrected chi connectivity index (χ3v) is 5.06. The normalized spacial score (nSPS) is 13.6. The van der Waals surface area contributed by atoms with E-state index in [9.17, 15) is 26.3 Å². The van der Waals surface area contributed by atoms with Gasteiger partial charge < -0.3 is 0 Å². The van der Waals surface area contributed by atoms with E-state index in [0.29, 0.717) is 18.4 Å². The summed E-state index contributed by atoms with van der Waals surface area (Å²) in [5.41, 5.74) is -1.69.